The quantitative estimate of drug-likeness (QED) is 0.688. The molecule has 7 nitrogen and oxygen atoms in total. The monoisotopic (exact) mass is 443 g/mol. The van der Waals surface area contributed by atoms with Gasteiger partial charge >= 0.3 is 0 Å². The third-order valence-electron chi connectivity index (χ3n) is 5.46. The van der Waals surface area contributed by atoms with E-state index in [0.29, 0.717) is 13.0 Å². The van der Waals surface area contributed by atoms with Crippen LogP contribution in [0.25, 0.3) is 0 Å². The Balaban J connectivity index is 1.77. The maximum absolute atomic E-state index is 13.1. The summed E-state index contributed by atoms with van der Waals surface area (Å²) in [4.78, 5) is 26.4. The molecule has 0 fully saturated rings. The third-order valence-corrected chi connectivity index (χ3v) is 6.90. The number of carbonyl (C=O) groups is 2. The van der Waals surface area contributed by atoms with Crippen LogP contribution in [0.2, 0.25) is 0 Å². The molecule has 0 unspecified atom stereocenters. The largest absolute Gasteiger partial charge is 0.351 e. The molecule has 1 aliphatic rings. The molecule has 2 amide bonds. The molecule has 166 valence electrons. The van der Waals surface area contributed by atoms with E-state index in [1.54, 1.807) is 30.9 Å². The Morgan fingerprint density at radius 2 is 1.81 bits per heavy atom. The van der Waals surface area contributed by atoms with Gasteiger partial charge in [0.15, 0.2) is 0 Å². The van der Waals surface area contributed by atoms with Gasteiger partial charge in [-0.05, 0) is 48.6 Å². The molecule has 0 spiro atoms. The summed E-state index contributed by atoms with van der Waals surface area (Å²) < 4.78 is 28.7. The van der Waals surface area contributed by atoms with Crippen LogP contribution in [0.15, 0.2) is 53.4 Å². The van der Waals surface area contributed by atoms with Crippen LogP contribution in [0.1, 0.15) is 38.8 Å². The summed E-state index contributed by atoms with van der Waals surface area (Å²) in [5.74, 6) is -0.692. The van der Waals surface area contributed by atoms with Gasteiger partial charge in [0.05, 0.1) is 4.90 Å². The number of anilines is 1. The fraction of sp³-hybridized carbons (Fsp3) is 0.391. The highest BCUT2D eigenvalue weighted by Gasteiger charge is 2.32. The number of hydrogen-bond donors (Lipinski definition) is 2. The van der Waals surface area contributed by atoms with Crippen molar-refractivity contribution in [3.63, 3.8) is 0 Å². The van der Waals surface area contributed by atoms with Crippen LogP contribution >= 0.6 is 0 Å². The maximum Gasteiger partial charge on any atom is 0.241 e. The minimum atomic E-state index is -3.92. The second-order valence-corrected chi connectivity index (χ2v) is 9.99. The van der Waals surface area contributed by atoms with Crippen molar-refractivity contribution in [3.05, 3.63) is 59.7 Å². The molecule has 2 aromatic rings. The average Bonchev–Trinajstić information content (AvgIpc) is 3.06. The van der Waals surface area contributed by atoms with Crippen molar-refractivity contribution in [2.75, 3.05) is 4.90 Å². The number of nitrogens with one attached hydrogen (secondary N) is 2. The van der Waals surface area contributed by atoms with Crippen LogP contribution in [0.3, 0.4) is 0 Å². The van der Waals surface area contributed by atoms with Gasteiger partial charge in [-0.3, -0.25) is 9.59 Å². The Morgan fingerprint density at radius 1 is 1.13 bits per heavy atom. The minimum absolute atomic E-state index is 0.0226. The molecule has 1 aliphatic heterocycles. The molecule has 0 saturated heterocycles. The van der Waals surface area contributed by atoms with E-state index in [0.717, 1.165) is 16.8 Å². The van der Waals surface area contributed by atoms with Crippen molar-refractivity contribution in [1.29, 1.82) is 0 Å². The second-order valence-electron chi connectivity index (χ2n) is 8.28. The molecular weight excluding hydrogens is 414 g/mol. The van der Waals surface area contributed by atoms with Crippen LogP contribution in [0, 0.1) is 5.92 Å². The van der Waals surface area contributed by atoms with Gasteiger partial charge in [-0.2, -0.15) is 4.72 Å². The summed E-state index contributed by atoms with van der Waals surface area (Å²) in [6.45, 7) is 7.34. The second kappa shape index (κ2) is 9.20. The number of hydrogen-bond acceptors (Lipinski definition) is 4. The minimum Gasteiger partial charge on any atom is -0.351 e. The predicted molar refractivity (Wildman–Crippen MR) is 120 cm³/mol. The highest BCUT2D eigenvalue weighted by atomic mass is 32.2. The van der Waals surface area contributed by atoms with Crippen molar-refractivity contribution >= 4 is 27.5 Å². The molecule has 1 heterocycles. The lowest BCUT2D eigenvalue weighted by atomic mass is 10.0. The van der Waals surface area contributed by atoms with Gasteiger partial charge in [0.2, 0.25) is 21.8 Å². The lowest BCUT2D eigenvalue weighted by Gasteiger charge is -2.22. The van der Waals surface area contributed by atoms with Gasteiger partial charge in [0.1, 0.15) is 6.04 Å². The summed E-state index contributed by atoms with van der Waals surface area (Å²) in [6.07, 6.45) is 0.587. The fourth-order valence-electron chi connectivity index (χ4n) is 3.88. The van der Waals surface area contributed by atoms with Crippen LogP contribution in [-0.4, -0.2) is 32.3 Å². The smallest absolute Gasteiger partial charge is 0.241 e. The molecule has 0 radical (unpaired) electrons. The first-order valence-electron chi connectivity index (χ1n) is 10.4. The van der Waals surface area contributed by atoms with Gasteiger partial charge < -0.3 is 10.2 Å². The molecule has 0 aromatic heterocycles. The first-order valence-corrected chi connectivity index (χ1v) is 11.8. The topological polar surface area (TPSA) is 95.6 Å². The van der Waals surface area contributed by atoms with Crippen molar-refractivity contribution in [2.45, 2.75) is 57.6 Å². The predicted octanol–water partition coefficient (Wildman–Crippen LogP) is 2.60. The van der Waals surface area contributed by atoms with Gasteiger partial charge in [0, 0.05) is 25.2 Å². The molecule has 3 rings (SSSR count). The summed E-state index contributed by atoms with van der Waals surface area (Å²) in [5, 5.41) is 2.81. The first kappa shape index (κ1) is 23.0. The molecule has 0 aliphatic carbocycles. The molecule has 0 saturated carbocycles. The van der Waals surface area contributed by atoms with E-state index in [2.05, 4.69) is 10.0 Å². The number of carbonyl (C=O) groups excluding carboxylic acids is 2. The summed E-state index contributed by atoms with van der Waals surface area (Å²) in [6, 6.07) is 13.2. The Labute approximate surface area is 183 Å². The average molecular weight is 444 g/mol. The number of nitrogens with zero attached hydrogens (tertiary/aromatic N) is 1. The van der Waals surface area contributed by atoms with Gasteiger partial charge in [-0.1, -0.05) is 44.2 Å². The third kappa shape index (κ3) is 5.14. The lowest BCUT2D eigenvalue weighted by Crippen LogP contribution is -2.49. The first-order chi connectivity index (χ1) is 14.6. The van der Waals surface area contributed by atoms with Gasteiger partial charge in [-0.15, -0.1) is 0 Å². The highest BCUT2D eigenvalue weighted by molar-refractivity contribution is 7.89. The molecule has 2 aromatic carbocycles. The van der Waals surface area contributed by atoms with E-state index < -0.39 is 16.1 Å². The number of sulfonamides is 1. The summed E-state index contributed by atoms with van der Waals surface area (Å²) in [7, 11) is -3.92. The summed E-state index contributed by atoms with van der Waals surface area (Å²) in [5.41, 5.74) is 2.48. The van der Waals surface area contributed by atoms with Gasteiger partial charge in [-0.25, -0.2) is 8.42 Å². The molecule has 2 atom stereocenters. The van der Waals surface area contributed by atoms with Crippen LogP contribution in [0.5, 0.6) is 0 Å². The van der Waals surface area contributed by atoms with Crippen LogP contribution in [-0.2, 0) is 32.6 Å². The van der Waals surface area contributed by atoms with Gasteiger partial charge in [0.25, 0.3) is 0 Å². The van der Waals surface area contributed by atoms with Crippen molar-refractivity contribution < 1.29 is 18.0 Å². The zero-order valence-electron chi connectivity index (χ0n) is 18.3. The van der Waals surface area contributed by atoms with Crippen molar-refractivity contribution in [2.24, 2.45) is 5.92 Å². The van der Waals surface area contributed by atoms with Crippen molar-refractivity contribution in [3.8, 4) is 0 Å². The maximum atomic E-state index is 13.1. The van der Waals surface area contributed by atoms with Crippen LogP contribution < -0.4 is 14.9 Å². The Kier molecular flexibility index (Phi) is 6.81. The number of rotatable bonds is 7. The summed E-state index contributed by atoms with van der Waals surface area (Å²) >= 11 is 0. The van der Waals surface area contributed by atoms with E-state index in [1.807, 2.05) is 37.3 Å². The fourth-order valence-corrected chi connectivity index (χ4v) is 5.27. The van der Waals surface area contributed by atoms with E-state index in [4.69, 9.17) is 0 Å². The number of amides is 2. The molecule has 8 heteroatoms. The molecule has 0 bridgehead atoms. The van der Waals surface area contributed by atoms with E-state index >= 15 is 0 Å². The Bertz CT molecular complexity index is 1070. The van der Waals surface area contributed by atoms with E-state index in [9.17, 15) is 18.0 Å². The highest BCUT2D eigenvalue weighted by Crippen LogP contribution is 2.34. The standard InChI is InChI=1S/C23H29N3O4S/c1-15(2)22(23(28)24-14-18-8-6-5-7-9-18)25-31(29,30)20-10-11-21-19(13-20)12-16(3)26(21)17(4)27/h5-11,13,15-16,22,25H,12,14H2,1-4H3,(H,24,28)/t16-,22-/m0/s1. The molecule has 31 heavy (non-hydrogen) atoms. The molecule has 2 N–H and O–H groups in total. The van der Waals surface area contributed by atoms with Crippen molar-refractivity contribution in [1.82, 2.24) is 10.0 Å². The Morgan fingerprint density at radius 3 is 2.42 bits per heavy atom. The molecular formula is C23H29N3O4S. The zero-order chi connectivity index (χ0) is 22.8. The Hall–Kier alpha value is -2.71. The lowest BCUT2D eigenvalue weighted by molar-refractivity contribution is -0.123. The number of fused-ring (bicyclic) bond motifs is 1. The zero-order valence-corrected chi connectivity index (χ0v) is 19.1. The van der Waals surface area contributed by atoms with E-state index in [-0.39, 0.29) is 28.7 Å². The van der Waals surface area contributed by atoms with Crippen LogP contribution in [0.4, 0.5) is 5.69 Å². The SMILES string of the molecule is CC(=O)N1c2ccc(S(=O)(=O)N[C@H](C(=O)NCc3ccccc3)C(C)C)cc2C[C@@H]1C. The normalized spacial score (nSPS) is 16.8. The number of benzene rings is 2. The van der Waals surface area contributed by atoms with E-state index in [1.165, 1.54) is 13.0 Å².